The first-order valence-electron chi connectivity index (χ1n) is 5.06. The van der Waals surface area contributed by atoms with Crippen LogP contribution in [-0.4, -0.2) is 11.1 Å². The molecule has 0 saturated carbocycles. The quantitative estimate of drug-likeness (QED) is 0.826. The molecule has 1 atom stereocenters. The summed E-state index contributed by atoms with van der Waals surface area (Å²) in [6, 6.07) is 5.55. The first-order valence-corrected chi connectivity index (χ1v) is 5.06. The molecule has 1 aromatic carbocycles. The summed E-state index contributed by atoms with van der Waals surface area (Å²) >= 11 is 0. The van der Waals surface area contributed by atoms with E-state index in [-0.39, 0.29) is 6.42 Å². The fraction of sp³-hybridized carbons (Fsp3) is 0.417. The van der Waals surface area contributed by atoms with Crippen LogP contribution in [0.15, 0.2) is 24.3 Å². The maximum Gasteiger partial charge on any atom is 0.303 e. The van der Waals surface area contributed by atoms with Crippen LogP contribution in [0.25, 0.3) is 0 Å². The van der Waals surface area contributed by atoms with E-state index >= 15 is 0 Å². The zero-order chi connectivity index (χ0) is 12.3. The molecule has 0 aliphatic carbocycles. The van der Waals surface area contributed by atoms with E-state index in [4.69, 9.17) is 10.8 Å². The minimum Gasteiger partial charge on any atom is -0.481 e. The maximum atomic E-state index is 13.5. The van der Waals surface area contributed by atoms with Crippen LogP contribution in [0.5, 0.6) is 0 Å². The minimum atomic E-state index is -0.934. The molecule has 3 nitrogen and oxygen atoms in total. The zero-order valence-corrected chi connectivity index (χ0v) is 9.40. The van der Waals surface area contributed by atoms with E-state index in [1.165, 1.54) is 6.07 Å². The van der Waals surface area contributed by atoms with Gasteiger partial charge in [-0.05, 0) is 11.5 Å². The predicted octanol–water partition coefficient (Wildman–Crippen LogP) is 2.33. The first kappa shape index (κ1) is 12.6. The van der Waals surface area contributed by atoms with Gasteiger partial charge in [0.2, 0.25) is 0 Å². The fourth-order valence-electron chi connectivity index (χ4n) is 1.65. The summed E-state index contributed by atoms with van der Waals surface area (Å²) in [7, 11) is 0. The third-order valence-corrected chi connectivity index (χ3v) is 2.69. The highest BCUT2D eigenvalue weighted by atomic mass is 19.1. The smallest absolute Gasteiger partial charge is 0.303 e. The van der Waals surface area contributed by atoms with Crippen molar-refractivity contribution >= 4 is 5.97 Å². The van der Waals surface area contributed by atoms with Crippen molar-refractivity contribution < 1.29 is 14.3 Å². The number of carbonyl (C=O) groups is 1. The highest BCUT2D eigenvalue weighted by Gasteiger charge is 2.31. The van der Waals surface area contributed by atoms with Crippen LogP contribution in [0, 0.1) is 11.2 Å². The van der Waals surface area contributed by atoms with Gasteiger partial charge in [0, 0.05) is 11.6 Å². The maximum absolute atomic E-state index is 13.5. The van der Waals surface area contributed by atoms with Gasteiger partial charge in [-0.1, -0.05) is 32.0 Å². The normalized spacial score (nSPS) is 13.5. The monoisotopic (exact) mass is 225 g/mol. The molecule has 4 heteroatoms. The Balaban J connectivity index is 2.97. The lowest BCUT2D eigenvalue weighted by molar-refractivity contribution is -0.139. The molecule has 0 amide bonds. The summed E-state index contributed by atoms with van der Waals surface area (Å²) in [6.07, 6.45) is -0.0947. The molecule has 0 aromatic heterocycles. The van der Waals surface area contributed by atoms with Crippen molar-refractivity contribution in [1.82, 2.24) is 0 Å². The highest BCUT2D eigenvalue weighted by molar-refractivity contribution is 5.67. The van der Waals surface area contributed by atoms with Crippen LogP contribution in [0.2, 0.25) is 0 Å². The molecule has 1 unspecified atom stereocenters. The average Bonchev–Trinajstić information content (AvgIpc) is 2.15. The molecule has 1 rings (SSSR count). The molecule has 16 heavy (non-hydrogen) atoms. The Morgan fingerprint density at radius 1 is 1.50 bits per heavy atom. The second-order valence-electron chi connectivity index (χ2n) is 4.56. The van der Waals surface area contributed by atoms with Crippen molar-refractivity contribution in [1.29, 1.82) is 0 Å². The van der Waals surface area contributed by atoms with Gasteiger partial charge in [-0.2, -0.15) is 0 Å². The Morgan fingerprint density at radius 3 is 2.56 bits per heavy atom. The number of rotatable bonds is 4. The van der Waals surface area contributed by atoms with Gasteiger partial charge in [0.05, 0.1) is 6.42 Å². The van der Waals surface area contributed by atoms with E-state index in [0.717, 1.165) is 0 Å². The van der Waals surface area contributed by atoms with E-state index in [1.54, 1.807) is 32.0 Å². The summed E-state index contributed by atoms with van der Waals surface area (Å²) in [6.45, 7) is 3.44. The Bertz CT molecular complexity index is 390. The molecule has 0 fully saturated rings. The minimum absolute atomic E-state index is 0.0947. The number of carboxylic acids is 1. The number of nitrogens with two attached hydrogens (primary N) is 1. The Morgan fingerprint density at radius 2 is 2.06 bits per heavy atom. The van der Waals surface area contributed by atoms with Crippen molar-refractivity contribution in [3.8, 4) is 0 Å². The fourth-order valence-corrected chi connectivity index (χ4v) is 1.65. The van der Waals surface area contributed by atoms with Crippen LogP contribution in [0.3, 0.4) is 0 Å². The number of carboxylic acid groups (broad SMARTS) is 1. The second kappa shape index (κ2) is 4.61. The summed E-state index contributed by atoms with van der Waals surface area (Å²) in [5, 5.41) is 8.76. The topological polar surface area (TPSA) is 63.3 Å². The van der Waals surface area contributed by atoms with E-state index in [2.05, 4.69) is 0 Å². The summed E-state index contributed by atoms with van der Waals surface area (Å²) < 4.78 is 13.5. The number of halogens is 1. The number of aliphatic carboxylic acids is 1. The van der Waals surface area contributed by atoms with Crippen LogP contribution >= 0.6 is 0 Å². The SMILES string of the molecule is CC(C)(CC(=O)O)C(N)c1ccccc1F. The van der Waals surface area contributed by atoms with E-state index in [9.17, 15) is 9.18 Å². The van der Waals surface area contributed by atoms with Crippen molar-refractivity contribution in [2.45, 2.75) is 26.3 Å². The third kappa shape index (κ3) is 2.79. The van der Waals surface area contributed by atoms with Gasteiger partial charge in [-0.25, -0.2) is 4.39 Å². The average molecular weight is 225 g/mol. The first-order chi connectivity index (χ1) is 7.34. The molecule has 0 bridgehead atoms. The lowest BCUT2D eigenvalue weighted by Crippen LogP contribution is -2.32. The number of hydrogen-bond acceptors (Lipinski definition) is 2. The van der Waals surface area contributed by atoms with Crippen LogP contribution in [-0.2, 0) is 4.79 Å². The standard InChI is InChI=1S/C12H16FNO2/c1-12(2,7-10(15)16)11(14)8-5-3-4-6-9(8)13/h3-6,11H,7,14H2,1-2H3,(H,15,16). The number of hydrogen-bond donors (Lipinski definition) is 2. The largest absolute Gasteiger partial charge is 0.481 e. The van der Waals surface area contributed by atoms with E-state index in [1.807, 2.05) is 0 Å². The molecule has 0 heterocycles. The van der Waals surface area contributed by atoms with Crippen LogP contribution in [0.1, 0.15) is 31.9 Å². The van der Waals surface area contributed by atoms with Crippen LogP contribution in [0.4, 0.5) is 4.39 Å². The highest BCUT2D eigenvalue weighted by Crippen LogP contribution is 2.35. The zero-order valence-electron chi connectivity index (χ0n) is 9.40. The number of benzene rings is 1. The van der Waals surface area contributed by atoms with Crippen LogP contribution < -0.4 is 5.73 Å². The molecule has 0 saturated heterocycles. The molecule has 0 aliphatic heterocycles. The summed E-state index contributed by atoms with van der Waals surface area (Å²) in [5.74, 6) is -1.33. The van der Waals surface area contributed by atoms with Gasteiger partial charge in [-0.3, -0.25) is 4.79 Å². The van der Waals surface area contributed by atoms with E-state index in [0.29, 0.717) is 5.56 Å². The van der Waals surface area contributed by atoms with Gasteiger partial charge in [0.1, 0.15) is 5.82 Å². The van der Waals surface area contributed by atoms with Gasteiger partial charge in [0.25, 0.3) is 0 Å². The second-order valence-corrected chi connectivity index (χ2v) is 4.56. The molecular formula is C12H16FNO2. The van der Waals surface area contributed by atoms with E-state index < -0.39 is 23.2 Å². The molecule has 1 aromatic rings. The van der Waals surface area contributed by atoms with Crippen molar-refractivity contribution in [2.24, 2.45) is 11.1 Å². The third-order valence-electron chi connectivity index (χ3n) is 2.69. The lowest BCUT2D eigenvalue weighted by Gasteiger charge is -2.30. The molecule has 3 N–H and O–H groups in total. The predicted molar refractivity (Wildman–Crippen MR) is 59.4 cm³/mol. The Kier molecular flexibility index (Phi) is 3.65. The van der Waals surface area contributed by atoms with Gasteiger partial charge >= 0.3 is 5.97 Å². The van der Waals surface area contributed by atoms with Gasteiger partial charge in [0.15, 0.2) is 0 Å². The van der Waals surface area contributed by atoms with Crippen molar-refractivity contribution in [2.75, 3.05) is 0 Å². The van der Waals surface area contributed by atoms with Gasteiger partial charge in [-0.15, -0.1) is 0 Å². The molecule has 0 spiro atoms. The van der Waals surface area contributed by atoms with Gasteiger partial charge < -0.3 is 10.8 Å². The molecule has 0 aliphatic rings. The molecule has 88 valence electrons. The summed E-state index contributed by atoms with van der Waals surface area (Å²) in [4.78, 5) is 10.7. The summed E-state index contributed by atoms with van der Waals surface area (Å²) in [5.41, 5.74) is 5.59. The Hall–Kier alpha value is -1.42. The van der Waals surface area contributed by atoms with Crippen molar-refractivity contribution in [3.05, 3.63) is 35.6 Å². The lowest BCUT2D eigenvalue weighted by atomic mass is 9.78. The molecule has 0 radical (unpaired) electrons. The molecular weight excluding hydrogens is 209 g/mol. The Labute approximate surface area is 94.1 Å². The van der Waals surface area contributed by atoms with Crippen molar-refractivity contribution in [3.63, 3.8) is 0 Å².